The van der Waals surface area contributed by atoms with Crippen molar-refractivity contribution in [2.45, 2.75) is 0 Å². The van der Waals surface area contributed by atoms with Gasteiger partial charge in [-0.25, -0.2) is 0 Å². The zero-order valence-electron chi connectivity index (χ0n) is 3.49. The molecule has 0 aliphatic rings. The van der Waals surface area contributed by atoms with Crippen LogP contribution in [0.2, 0.25) is 0 Å². The van der Waals surface area contributed by atoms with Gasteiger partial charge in [0.15, 0.2) is 0 Å². The summed E-state index contributed by atoms with van der Waals surface area (Å²) in [6, 6.07) is 0. The van der Waals surface area contributed by atoms with Gasteiger partial charge in [0.1, 0.15) is 0 Å². The second-order valence-electron chi connectivity index (χ2n) is 0.447. The fourth-order valence-electron chi connectivity index (χ4n) is 0. The van der Waals surface area contributed by atoms with E-state index in [1.807, 2.05) is 0 Å². The van der Waals surface area contributed by atoms with Crippen LogP contribution in [0.4, 0.5) is 0 Å². The van der Waals surface area contributed by atoms with Crippen molar-refractivity contribution in [1.29, 1.82) is 0 Å². The maximum atomic E-state index is 8.55. The van der Waals surface area contributed by atoms with E-state index in [1.54, 1.807) is 0 Å². The molecule has 0 bridgehead atoms. The average Bonchev–Trinajstić information content (AvgIpc) is 0.722. The summed E-state index contributed by atoms with van der Waals surface area (Å²) in [7, 11) is -5.39. The maximum Gasteiger partial charge on any atom is 1.00 e. The minimum absolute atomic E-state index is 0. The summed E-state index contributed by atoms with van der Waals surface area (Å²) in [6.45, 7) is 0. The van der Waals surface area contributed by atoms with E-state index < -0.39 is 7.82 Å². The molecule has 0 rings (SSSR count). The molecule has 0 amide bonds. The van der Waals surface area contributed by atoms with Gasteiger partial charge in [-0.3, -0.25) is 0 Å². The summed E-state index contributed by atoms with van der Waals surface area (Å²) < 4.78 is 8.55. The molecule has 7 heavy (non-hydrogen) atoms. The summed E-state index contributed by atoms with van der Waals surface area (Å²) in [5, 5.41) is 0. The van der Waals surface area contributed by atoms with Gasteiger partial charge in [-0.15, -0.1) is 0 Å². The minimum Gasteiger partial charge on any atom is -0.822 e. The van der Waals surface area contributed by atoms with E-state index in [1.165, 1.54) is 0 Å². The molecule has 0 heterocycles. The number of hydrogen-bond donors (Lipinski definition) is 0. The van der Waals surface area contributed by atoms with Crippen LogP contribution in [0.1, 0.15) is 0 Å². The molecule has 0 aliphatic carbocycles. The smallest absolute Gasteiger partial charge is 0.822 e. The third kappa shape index (κ3) is 71.8. The van der Waals surface area contributed by atoms with Gasteiger partial charge in [-0.1, -0.05) is 0 Å². The van der Waals surface area contributed by atoms with Crippen LogP contribution >= 0.6 is 7.82 Å². The molecule has 0 atom stereocenters. The van der Waals surface area contributed by atoms with Crippen LogP contribution in [0.3, 0.4) is 0 Å². The largest absolute Gasteiger partial charge is 1.00 e. The molecule has 0 N–H and O–H groups in total. The summed E-state index contributed by atoms with van der Waals surface area (Å²) in [5.41, 5.74) is 0. The predicted molar refractivity (Wildman–Crippen MR) is 13.4 cm³/mol. The average molecular weight is 327 g/mol. The van der Waals surface area contributed by atoms with Gasteiger partial charge in [0.25, 0.3) is 0 Å². The molecule has 0 saturated heterocycles. The van der Waals surface area contributed by atoms with Gasteiger partial charge in [0, 0.05) is 26.6 Å². The second-order valence-corrected chi connectivity index (χ2v) is 1.34. The molecule has 0 saturated carbocycles. The van der Waals surface area contributed by atoms with Crippen molar-refractivity contribution < 1.29 is 48.8 Å². The first kappa shape index (κ1) is 16.0. The maximum absolute atomic E-state index is 8.55. The Balaban J connectivity index is -0.0000000800. The van der Waals surface area contributed by atoms with Crippen molar-refractivity contribution in [3.05, 3.63) is 0 Å². The van der Waals surface area contributed by atoms with Crippen LogP contribution in [0, 0.1) is 0 Å². The second kappa shape index (κ2) is 6.13. The number of hydrogen-bond acceptors (Lipinski definition) is 4. The van der Waals surface area contributed by atoms with Crippen LogP contribution in [0.5, 0.6) is 0 Å². The van der Waals surface area contributed by atoms with E-state index in [9.17, 15) is 0 Å². The van der Waals surface area contributed by atoms with Crippen LogP contribution in [-0.4, -0.2) is 26.6 Å². The zero-order valence-corrected chi connectivity index (χ0v) is 9.56. The van der Waals surface area contributed by atoms with Gasteiger partial charge in [0.05, 0.1) is 0 Å². The van der Waals surface area contributed by atoms with Gasteiger partial charge >= 0.3 is 29.6 Å². The molecule has 38 valence electrons. The third-order valence-electron chi connectivity index (χ3n) is 0. The van der Waals surface area contributed by atoms with Crippen LogP contribution in [0.25, 0.3) is 0 Å². The van der Waals surface area contributed by atoms with Gasteiger partial charge < -0.3 is 19.2 Å². The van der Waals surface area contributed by atoms with Crippen molar-refractivity contribution in [3.8, 4) is 0 Å². The Kier molecular flexibility index (Phi) is 14.0. The molecule has 0 aromatic heterocycles. The van der Waals surface area contributed by atoms with Gasteiger partial charge in [-0.05, 0) is 0 Å². The first-order valence-electron chi connectivity index (χ1n) is 0.730. The first-order chi connectivity index (χ1) is 2.00. The molecule has 0 aliphatic heterocycles. The molecule has 4 nitrogen and oxygen atoms in total. The number of phosphoric acid groups is 1. The fraction of sp³-hybridized carbons (Fsp3) is 0. The Morgan fingerprint density at radius 2 is 1.14 bits per heavy atom. The predicted octanol–water partition coefficient (Wildman–Crippen LogP) is -6.20. The summed E-state index contributed by atoms with van der Waals surface area (Å²) in [6.07, 6.45) is 0. The Morgan fingerprint density at radius 3 is 1.14 bits per heavy atom. The van der Waals surface area contributed by atoms with Crippen LogP contribution in [0.15, 0.2) is 0 Å². The quantitative estimate of drug-likeness (QED) is 0.327. The van der Waals surface area contributed by atoms with Crippen LogP contribution in [-0.2, 0) is 4.57 Å². The molecule has 7 heteroatoms. The molecule has 2 radical (unpaired) electrons. The van der Waals surface area contributed by atoms with Crippen LogP contribution < -0.4 is 44.2 Å². The Labute approximate surface area is 82.3 Å². The van der Waals surface area contributed by atoms with Crippen molar-refractivity contribution in [2.75, 3.05) is 0 Å². The molecule has 0 unspecified atom stereocenters. The Bertz CT molecular complexity index is 57.8. The SMILES string of the molecule is O=P([O-])([O-])[O-].[Na+].[Po]. The van der Waals surface area contributed by atoms with Crippen molar-refractivity contribution in [3.63, 3.8) is 0 Å². The topological polar surface area (TPSA) is 86.2 Å². The summed E-state index contributed by atoms with van der Waals surface area (Å²) in [5.74, 6) is 0. The van der Waals surface area contributed by atoms with Crippen molar-refractivity contribution >= 4 is 34.4 Å². The van der Waals surface area contributed by atoms with Crippen molar-refractivity contribution in [1.82, 2.24) is 0 Å². The van der Waals surface area contributed by atoms with Gasteiger partial charge in [0.2, 0.25) is 0 Å². The Hall–Kier alpha value is 2.01. The number of rotatable bonds is 0. The normalized spacial score (nSPS) is 8.43. The molecule has 0 spiro atoms. The van der Waals surface area contributed by atoms with E-state index in [4.69, 9.17) is 19.2 Å². The van der Waals surface area contributed by atoms with E-state index in [0.717, 1.165) is 0 Å². The minimum atomic E-state index is -5.39. The monoisotopic (exact) mass is 327 g/mol. The van der Waals surface area contributed by atoms with Crippen molar-refractivity contribution in [2.24, 2.45) is 0 Å². The first-order valence-corrected chi connectivity index (χ1v) is 2.19. The van der Waals surface area contributed by atoms with E-state index in [0.29, 0.717) is 0 Å². The van der Waals surface area contributed by atoms with E-state index in [-0.39, 0.29) is 56.1 Å². The fourth-order valence-corrected chi connectivity index (χ4v) is 0. The molecular formula is NaO4PPo-2. The standard InChI is InChI=1S/Na.H3O4P.Po/c;1-5(2,3)4;/h;(H3,1,2,3,4);/q+1;;/p-3. The molecular weight excluding hydrogens is 327 g/mol. The Morgan fingerprint density at radius 1 is 1.14 bits per heavy atom. The van der Waals surface area contributed by atoms with Gasteiger partial charge in [-0.2, -0.15) is 7.82 Å². The third-order valence-corrected chi connectivity index (χ3v) is 0. The van der Waals surface area contributed by atoms with E-state index >= 15 is 0 Å². The summed E-state index contributed by atoms with van der Waals surface area (Å²) in [4.78, 5) is 25.6. The molecule has 0 aromatic rings. The summed E-state index contributed by atoms with van der Waals surface area (Å²) >= 11 is 0. The molecule has 0 aromatic carbocycles. The van der Waals surface area contributed by atoms with E-state index in [2.05, 4.69) is 0 Å². The molecule has 0 fully saturated rings. The zero-order chi connectivity index (χ0) is 4.50.